The molecule has 24 heavy (non-hydrogen) atoms. The van der Waals surface area contributed by atoms with Crippen molar-refractivity contribution in [3.8, 4) is 11.8 Å². The average molecular weight is 367 g/mol. The van der Waals surface area contributed by atoms with Gasteiger partial charge in [0.05, 0.1) is 13.2 Å². The Bertz CT molecular complexity index is 756. The normalized spacial score (nSPS) is 20.6. The molecule has 1 aromatic carbocycles. The van der Waals surface area contributed by atoms with Crippen molar-refractivity contribution in [2.75, 3.05) is 13.2 Å². The summed E-state index contributed by atoms with van der Waals surface area (Å²) >= 11 is 12.3. The zero-order valence-electron chi connectivity index (χ0n) is 13.2. The predicted molar refractivity (Wildman–Crippen MR) is 92.3 cm³/mol. The Morgan fingerprint density at radius 2 is 1.75 bits per heavy atom. The lowest BCUT2D eigenvalue weighted by Gasteiger charge is -2.30. The van der Waals surface area contributed by atoms with Gasteiger partial charge in [-0.15, -0.1) is 0 Å². The molecule has 126 valence electrons. The smallest absolute Gasteiger partial charge is 0.243 e. The molecule has 1 aliphatic rings. The van der Waals surface area contributed by atoms with Gasteiger partial charge in [-0.25, -0.2) is 0 Å². The summed E-state index contributed by atoms with van der Waals surface area (Å²) in [7, 11) is 0. The van der Waals surface area contributed by atoms with Crippen LogP contribution < -0.4 is 0 Å². The second kappa shape index (κ2) is 7.76. The number of allylic oxidation sites excluding steroid dienone is 1. The molecule has 0 saturated carbocycles. The lowest BCUT2D eigenvalue weighted by Crippen LogP contribution is -2.38. The number of carbonyl (C=O) groups excluding carboxylic acids is 1. The number of ketones is 1. The van der Waals surface area contributed by atoms with Crippen molar-refractivity contribution < 1.29 is 19.4 Å². The highest BCUT2D eigenvalue weighted by Crippen LogP contribution is 2.40. The van der Waals surface area contributed by atoms with E-state index in [1.165, 1.54) is 0 Å². The number of aliphatic hydroxyl groups is 1. The number of Topliss-reactive ketones (excluding diaryl/α,β-unsaturated/α-hetero) is 1. The Hall–Kier alpha value is -1.93. The highest BCUT2D eigenvalue weighted by atomic mass is 35.5. The maximum absolute atomic E-state index is 12.3. The highest BCUT2D eigenvalue weighted by molar-refractivity contribution is 6.48. The minimum Gasteiger partial charge on any atom is -0.492 e. The van der Waals surface area contributed by atoms with Gasteiger partial charge in [-0.05, 0) is 31.9 Å². The summed E-state index contributed by atoms with van der Waals surface area (Å²) in [5.41, 5.74) is -1.39. The summed E-state index contributed by atoms with van der Waals surface area (Å²) in [4.78, 5) is 12.3. The largest absolute Gasteiger partial charge is 0.492 e. The SMILES string of the molecule is CCOC1=C(Cl)[C@@](O)(C#Cc2ccccc2)C(OCC)=C(Cl)C1=O. The van der Waals surface area contributed by atoms with E-state index in [0.717, 1.165) is 0 Å². The van der Waals surface area contributed by atoms with E-state index in [2.05, 4.69) is 11.8 Å². The molecule has 0 unspecified atom stereocenters. The van der Waals surface area contributed by atoms with Crippen LogP contribution in [0.4, 0.5) is 0 Å². The van der Waals surface area contributed by atoms with E-state index in [9.17, 15) is 9.90 Å². The Labute approximate surface area is 150 Å². The fraction of sp³-hybridized carbons (Fsp3) is 0.278. The number of halogens is 2. The maximum Gasteiger partial charge on any atom is 0.243 e. The molecule has 2 rings (SSSR count). The van der Waals surface area contributed by atoms with E-state index in [-0.39, 0.29) is 34.8 Å². The van der Waals surface area contributed by atoms with Gasteiger partial charge in [0.2, 0.25) is 11.4 Å². The van der Waals surface area contributed by atoms with E-state index in [1.54, 1.807) is 26.0 Å². The van der Waals surface area contributed by atoms with E-state index >= 15 is 0 Å². The summed E-state index contributed by atoms with van der Waals surface area (Å²) in [5, 5.41) is 10.5. The monoisotopic (exact) mass is 366 g/mol. The molecular weight excluding hydrogens is 351 g/mol. The zero-order valence-corrected chi connectivity index (χ0v) is 14.7. The summed E-state index contributed by atoms with van der Waals surface area (Å²) in [5.74, 6) is 4.42. The summed E-state index contributed by atoms with van der Waals surface area (Å²) < 4.78 is 10.6. The molecular formula is C18H16Cl2O4. The average Bonchev–Trinajstić information content (AvgIpc) is 2.60. The first-order chi connectivity index (χ1) is 11.5. The van der Waals surface area contributed by atoms with E-state index < -0.39 is 11.4 Å². The number of hydrogen-bond acceptors (Lipinski definition) is 4. The van der Waals surface area contributed by atoms with Crippen LogP contribution in [0.15, 0.2) is 51.9 Å². The van der Waals surface area contributed by atoms with Gasteiger partial charge in [0.25, 0.3) is 0 Å². The van der Waals surface area contributed by atoms with Crippen molar-refractivity contribution in [1.82, 2.24) is 0 Å². The van der Waals surface area contributed by atoms with Gasteiger partial charge in [0.15, 0.2) is 11.5 Å². The number of benzene rings is 1. The second-order valence-corrected chi connectivity index (χ2v) is 5.56. The summed E-state index contributed by atoms with van der Waals surface area (Å²) in [6, 6.07) is 9.03. The van der Waals surface area contributed by atoms with Crippen molar-refractivity contribution >= 4 is 29.0 Å². The van der Waals surface area contributed by atoms with Crippen LogP contribution in [-0.4, -0.2) is 29.7 Å². The summed E-state index contributed by atoms with van der Waals surface area (Å²) in [6.07, 6.45) is 0. The molecule has 0 aromatic heterocycles. The molecule has 0 spiro atoms. The first-order valence-corrected chi connectivity index (χ1v) is 8.12. The fourth-order valence-electron chi connectivity index (χ4n) is 2.11. The Morgan fingerprint density at radius 3 is 2.33 bits per heavy atom. The molecule has 6 heteroatoms. The third-order valence-electron chi connectivity index (χ3n) is 3.19. The Balaban J connectivity index is 2.60. The third-order valence-corrected chi connectivity index (χ3v) is 3.98. The van der Waals surface area contributed by atoms with Crippen LogP contribution in [-0.2, 0) is 14.3 Å². The zero-order chi connectivity index (χ0) is 17.7. The quantitative estimate of drug-likeness (QED) is 0.830. The van der Waals surface area contributed by atoms with Crippen LogP contribution in [0.5, 0.6) is 0 Å². The fourth-order valence-corrected chi connectivity index (χ4v) is 2.66. The van der Waals surface area contributed by atoms with Gasteiger partial charge in [-0.1, -0.05) is 47.3 Å². The van der Waals surface area contributed by atoms with Gasteiger partial charge < -0.3 is 14.6 Å². The molecule has 1 aromatic rings. The van der Waals surface area contributed by atoms with Crippen molar-refractivity contribution in [1.29, 1.82) is 0 Å². The van der Waals surface area contributed by atoms with Crippen LogP contribution in [0.1, 0.15) is 19.4 Å². The first-order valence-electron chi connectivity index (χ1n) is 7.37. The maximum atomic E-state index is 12.3. The highest BCUT2D eigenvalue weighted by Gasteiger charge is 2.47. The van der Waals surface area contributed by atoms with Crippen LogP contribution in [0, 0.1) is 11.8 Å². The van der Waals surface area contributed by atoms with Crippen LogP contribution >= 0.6 is 23.2 Å². The minimum atomic E-state index is -2.05. The topological polar surface area (TPSA) is 55.8 Å². The standard InChI is InChI=1S/C18H16Cl2O4/c1-3-23-15-14(21)13(19)17(24-4-2)18(22,16(15)20)11-10-12-8-6-5-7-9-12/h5-9,22H,3-4H2,1-2H3/t18-/m0/s1. The van der Waals surface area contributed by atoms with Crippen molar-refractivity contribution in [2.45, 2.75) is 19.4 Å². The van der Waals surface area contributed by atoms with Gasteiger partial charge in [0.1, 0.15) is 10.1 Å². The Morgan fingerprint density at radius 1 is 1.12 bits per heavy atom. The van der Waals surface area contributed by atoms with Gasteiger partial charge >= 0.3 is 0 Å². The minimum absolute atomic E-state index is 0.183. The van der Waals surface area contributed by atoms with Gasteiger partial charge in [-0.2, -0.15) is 0 Å². The van der Waals surface area contributed by atoms with Gasteiger partial charge in [0, 0.05) is 5.56 Å². The molecule has 0 amide bonds. The van der Waals surface area contributed by atoms with Crippen molar-refractivity contribution in [3.63, 3.8) is 0 Å². The molecule has 0 heterocycles. The summed E-state index contributed by atoms with van der Waals surface area (Å²) in [6.45, 7) is 3.76. The molecule has 0 saturated heterocycles. The molecule has 0 radical (unpaired) electrons. The Kier molecular flexibility index (Phi) is 5.95. The predicted octanol–water partition coefficient (Wildman–Crippen LogP) is 3.33. The number of rotatable bonds is 4. The van der Waals surface area contributed by atoms with Crippen LogP contribution in [0.2, 0.25) is 0 Å². The molecule has 1 aliphatic carbocycles. The lowest BCUT2D eigenvalue weighted by atomic mass is 9.93. The number of hydrogen-bond donors (Lipinski definition) is 1. The molecule has 0 aliphatic heterocycles. The van der Waals surface area contributed by atoms with Crippen molar-refractivity contribution in [3.05, 3.63) is 57.5 Å². The third kappa shape index (κ3) is 3.44. The lowest BCUT2D eigenvalue weighted by molar-refractivity contribution is -0.116. The van der Waals surface area contributed by atoms with Crippen molar-refractivity contribution in [2.24, 2.45) is 0 Å². The van der Waals surface area contributed by atoms with E-state index in [0.29, 0.717) is 5.56 Å². The number of carbonyl (C=O) groups is 1. The van der Waals surface area contributed by atoms with E-state index in [1.807, 2.05) is 18.2 Å². The molecule has 4 nitrogen and oxygen atoms in total. The molecule has 1 atom stereocenters. The van der Waals surface area contributed by atoms with Gasteiger partial charge in [-0.3, -0.25) is 4.79 Å². The van der Waals surface area contributed by atoms with Crippen LogP contribution in [0.3, 0.4) is 0 Å². The van der Waals surface area contributed by atoms with Crippen LogP contribution in [0.25, 0.3) is 0 Å². The molecule has 0 bridgehead atoms. The molecule has 0 fully saturated rings. The number of ether oxygens (including phenoxy) is 2. The van der Waals surface area contributed by atoms with E-state index in [4.69, 9.17) is 32.7 Å². The molecule has 1 N–H and O–H groups in total. The second-order valence-electron chi connectivity index (χ2n) is 4.81. The first kappa shape index (κ1) is 18.4.